The van der Waals surface area contributed by atoms with Crippen molar-refractivity contribution in [3.63, 3.8) is 0 Å². The average molecular weight is 223 g/mol. The van der Waals surface area contributed by atoms with Crippen LogP contribution in [0.2, 0.25) is 0 Å². The van der Waals surface area contributed by atoms with Crippen molar-refractivity contribution >= 4 is 0 Å². The summed E-state index contributed by atoms with van der Waals surface area (Å²) in [6.07, 6.45) is 4.13. The predicted octanol–water partition coefficient (Wildman–Crippen LogP) is 2.54. The van der Waals surface area contributed by atoms with Crippen LogP contribution in [0, 0.1) is 6.92 Å². The van der Waals surface area contributed by atoms with E-state index in [2.05, 4.69) is 12.2 Å². The van der Waals surface area contributed by atoms with Gasteiger partial charge in [0.05, 0.1) is 12.1 Å². The van der Waals surface area contributed by atoms with Crippen LogP contribution in [0.1, 0.15) is 50.2 Å². The van der Waals surface area contributed by atoms with Crippen molar-refractivity contribution in [2.75, 3.05) is 0 Å². The van der Waals surface area contributed by atoms with E-state index in [4.69, 9.17) is 4.42 Å². The van der Waals surface area contributed by atoms with Gasteiger partial charge in [0, 0.05) is 6.04 Å². The fourth-order valence-electron chi connectivity index (χ4n) is 2.40. The van der Waals surface area contributed by atoms with Gasteiger partial charge >= 0.3 is 0 Å². The van der Waals surface area contributed by atoms with Crippen LogP contribution in [-0.4, -0.2) is 17.3 Å². The van der Waals surface area contributed by atoms with Crippen LogP contribution in [0.5, 0.6) is 0 Å². The number of nitrogens with one attached hydrogen (secondary N) is 1. The van der Waals surface area contributed by atoms with Crippen molar-refractivity contribution in [1.29, 1.82) is 0 Å². The Balaban J connectivity index is 1.93. The summed E-state index contributed by atoms with van der Waals surface area (Å²) in [5.41, 5.74) is 0. The Morgan fingerprint density at radius 2 is 2.12 bits per heavy atom. The van der Waals surface area contributed by atoms with Crippen LogP contribution in [-0.2, 0) is 0 Å². The number of aliphatic hydroxyl groups is 1. The number of rotatable bonds is 3. The molecule has 0 bridgehead atoms. The Morgan fingerprint density at radius 1 is 1.38 bits per heavy atom. The van der Waals surface area contributed by atoms with E-state index < -0.39 is 0 Å². The van der Waals surface area contributed by atoms with Gasteiger partial charge < -0.3 is 14.8 Å². The van der Waals surface area contributed by atoms with E-state index >= 15 is 0 Å². The largest absolute Gasteiger partial charge is 0.465 e. The third-order valence-corrected chi connectivity index (χ3v) is 3.38. The Morgan fingerprint density at radius 3 is 2.75 bits per heavy atom. The molecule has 0 aliphatic heterocycles. The molecule has 0 amide bonds. The van der Waals surface area contributed by atoms with Crippen molar-refractivity contribution < 1.29 is 9.52 Å². The zero-order valence-electron chi connectivity index (χ0n) is 10.1. The lowest BCUT2D eigenvalue weighted by atomic mass is 9.92. The third-order valence-electron chi connectivity index (χ3n) is 3.38. The molecule has 1 fully saturated rings. The molecule has 0 aromatic carbocycles. The van der Waals surface area contributed by atoms with E-state index in [0.29, 0.717) is 0 Å². The molecule has 1 aliphatic carbocycles. The lowest BCUT2D eigenvalue weighted by molar-refractivity contribution is 0.0844. The van der Waals surface area contributed by atoms with Gasteiger partial charge in [-0.1, -0.05) is 12.8 Å². The molecular weight excluding hydrogens is 202 g/mol. The quantitative estimate of drug-likeness (QED) is 0.827. The van der Waals surface area contributed by atoms with Crippen LogP contribution >= 0.6 is 0 Å². The molecule has 3 heteroatoms. The number of hydrogen-bond donors (Lipinski definition) is 2. The van der Waals surface area contributed by atoms with Crippen LogP contribution in [0.3, 0.4) is 0 Å². The zero-order valence-corrected chi connectivity index (χ0v) is 10.1. The van der Waals surface area contributed by atoms with Crippen LogP contribution in [0.15, 0.2) is 16.5 Å². The summed E-state index contributed by atoms with van der Waals surface area (Å²) < 4.78 is 5.58. The van der Waals surface area contributed by atoms with Gasteiger partial charge in [0.15, 0.2) is 0 Å². The summed E-state index contributed by atoms with van der Waals surface area (Å²) in [4.78, 5) is 0. The second-order valence-electron chi connectivity index (χ2n) is 4.80. The minimum absolute atomic E-state index is 0.173. The summed E-state index contributed by atoms with van der Waals surface area (Å²) in [5, 5.41) is 13.3. The van der Waals surface area contributed by atoms with Crippen molar-refractivity contribution in [2.45, 2.75) is 57.7 Å². The molecule has 0 saturated heterocycles. The maximum atomic E-state index is 9.88. The van der Waals surface area contributed by atoms with Gasteiger partial charge in [-0.2, -0.15) is 0 Å². The molecule has 3 nitrogen and oxygen atoms in total. The Kier molecular flexibility index (Phi) is 3.66. The van der Waals surface area contributed by atoms with E-state index in [9.17, 15) is 5.11 Å². The van der Waals surface area contributed by atoms with E-state index in [1.54, 1.807) is 0 Å². The second kappa shape index (κ2) is 5.02. The molecule has 2 N–H and O–H groups in total. The number of furan rings is 1. The molecule has 2 rings (SSSR count). The van der Waals surface area contributed by atoms with Crippen molar-refractivity contribution in [3.05, 3.63) is 23.7 Å². The van der Waals surface area contributed by atoms with E-state index in [1.807, 2.05) is 19.1 Å². The predicted molar refractivity (Wildman–Crippen MR) is 63.3 cm³/mol. The van der Waals surface area contributed by atoms with Crippen LogP contribution in [0.4, 0.5) is 0 Å². The summed E-state index contributed by atoms with van der Waals surface area (Å²) in [7, 11) is 0. The van der Waals surface area contributed by atoms with E-state index in [1.165, 1.54) is 6.42 Å². The van der Waals surface area contributed by atoms with E-state index in [-0.39, 0.29) is 18.2 Å². The van der Waals surface area contributed by atoms with Gasteiger partial charge in [0.25, 0.3) is 0 Å². The number of aliphatic hydroxyl groups excluding tert-OH is 1. The van der Waals surface area contributed by atoms with Gasteiger partial charge in [0.2, 0.25) is 0 Å². The lowest BCUT2D eigenvalue weighted by Crippen LogP contribution is -2.43. The van der Waals surface area contributed by atoms with Gasteiger partial charge in [-0.25, -0.2) is 0 Å². The average Bonchev–Trinajstić information content (AvgIpc) is 2.68. The van der Waals surface area contributed by atoms with E-state index in [0.717, 1.165) is 30.8 Å². The molecule has 1 saturated carbocycles. The maximum absolute atomic E-state index is 9.88. The van der Waals surface area contributed by atoms with Crippen molar-refractivity contribution in [3.8, 4) is 0 Å². The first-order chi connectivity index (χ1) is 7.66. The second-order valence-corrected chi connectivity index (χ2v) is 4.80. The zero-order chi connectivity index (χ0) is 11.5. The molecule has 1 unspecified atom stereocenters. The first kappa shape index (κ1) is 11.7. The van der Waals surface area contributed by atoms with Gasteiger partial charge in [-0.3, -0.25) is 0 Å². The van der Waals surface area contributed by atoms with Crippen molar-refractivity contribution in [1.82, 2.24) is 5.32 Å². The Bertz CT molecular complexity index is 334. The molecule has 0 spiro atoms. The highest BCUT2D eigenvalue weighted by molar-refractivity contribution is 5.09. The van der Waals surface area contributed by atoms with Gasteiger partial charge in [-0.15, -0.1) is 0 Å². The van der Waals surface area contributed by atoms with Crippen molar-refractivity contribution in [2.24, 2.45) is 0 Å². The summed E-state index contributed by atoms with van der Waals surface area (Å²) >= 11 is 0. The SMILES string of the molecule is Cc1ccc(C(C)N[C@@H]2CCCC[C@H]2O)o1. The molecular formula is C13H21NO2. The smallest absolute Gasteiger partial charge is 0.120 e. The summed E-state index contributed by atoms with van der Waals surface area (Å²) in [5.74, 6) is 1.89. The molecule has 1 aromatic rings. The van der Waals surface area contributed by atoms with Crippen LogP contribution in [0.25, 0.3) is 0 Å². The molecule has 3 atom stereocenters. The fourth-order valence-corrected chi connectivity index (χ4v) is 2.40. The minimum Gasteiger partial charge on any atom is -0.465 e. The fraction of sp³-hybridized carbons (Fsp3) is 0.692. The lowest BCUT2D eigenvalue weighted by Gasteiger charge is -2.30. The first-order valence-corrected chi connectivity index (χ1v) is 6.17. The molecule has 1 heterocycles. The van der Waals surface area contributed by atoms with Gasteiger partial charge in [-0.05, 0) is 38.8 Å². The summed E-state index contributed by atoms with van der Waals surface area (Å²) in [6, 6.07) is 4.37. The first-order valence-electron chi connectivity index (χ1n) is 6.17. The Labute approximate surface area is 96.8 Å². The molecule has 90 valence electrons. The highest BCUT2D eigenvalue weighted by Gasteiger charge is 2.25. The molecule has 1 aliphatic rings. The number of hydrogen-bond acceptors (Lipinski definition) is 3. The minimum atomic E-state index is -0.202. The Hall–Kier alpha value is -0.800. The normalized spacial score (nSPS) is 27.9. The van der Waals surface area contributed by atoms with Gasteiger partial charge in [0.1, 0.15) is 11.5 Å². The topological polar surface area (TPSA) is 45.4 Å². The monoisotopic (exact) mass is 223 g/mol. The highest BCUT2D eigenvalue weighted by Crippen LogP contribution is 2.22. The number of aryl methyl sites for hydroxylation is 1. The standard InChI is InChI=1S/C13H21NO2/c1-9-7-8-13(16-9)10(2)14-11-5-3-4-6-12(11)15/h7-8,10-12,14-15H,3-6H2,1-2H3/t10?,11-,12-/m1/s1. The highest BCUT2D eigenvalue weighted by atomic mass is 16.3. The molecule has 0 radical (unpaired) electrons. The van der Waals surface area contributed by atoms with Crippen LogP contribution < -0.4 is 5.32 Å². The maximum Gasteiger partial charge on any atom is 0.120 e. The molecule has 16 heavy (non-hydrogen) atoms. The third kappa shape index (κ3) is 2.66. The summed E-state index contributed by atoms with van der Waals surface area (Å²) in [6.45, 7) is 4.03. The molecule has 1 aromatic heterocycles.